The monoisotopic (exact) mass is 420 g/mol. The van der Waals surface area contributed by atoms with Gasteiger partial charge in [-0.3, -0.25) is 9.48 Å². The van der Waals surface area contributed by atoms with Gasteiger partial charge >= 0.3 is 0 Å². The van der Waals surface area contributed by atoms with E-state index in [1.807, 2.05) is 23.1 Å². The number of nitrogens with one attached hydrogen (secondary N) is 1. The Morgan fingerprint density at radius 2 is 2.13 bits per heavy atom. The van der Waals surface area contributed by atoms with Crippen LogP contribution in [0.5, 0.6) is 5.75 Å². The third-order valence-electron chi connectivity index (χ3n) is 5.15. The van der Waals surface area contributed by atoms with Crippen LogP contribution in [0.1, 0.15) is 22.1 Å². The van der Waals surface area contributed by atoms with Gasteiger partial charge in [-0.1, -0.05) is 0 Å². The summed E-state index contributed by atoms with van der Waals surface area (Å²) in [7, 11) is 3.40. The molecule has 1 aliphatic heterocycles. The number of amides is 1. The predicted octanol–water partition coefficient (Wildman–Crippen LogP) is 1.81. The highest BCUT2D eigenvalue weighted by atomic mass is 16.5. The number of carbonyl (C=O) groups is 1. The molecule has 0 spiro atoms. The summed E-state index contributed by atoms with van der Waals surface area (Å²) in [5.74, 6) is 0.451. The summed E-state index contributed by atoms with van der Waals surface area (Å²) in [6.45, 7) is 1.29. The molecule has 4 aromatic rings. The highest BCUT2D eigenvalue weighted by Gasteiger charge is 2.33. The summed E-state index contributed by atoms with van der Waals surface area (Å²) in [6, 6.07) is 6.05. The third-order valence-corrected chi connectivity index (χ3v) is 5.15. The first-order valence-electron chi connectivity index (χ1n) is 9.62. The normalized spacial score (nSPS) is 13.9. The Balaban J connectivity index is 1.32. The lowest BCUT2D eigenvalue weighted by molar-refractivity contribution is 0.0995. The molecule has 1 amide bonds. The molecule has 4 heterocycles. The van der Waals surface area contributed by atoms with E-state index in [0.717, 1.165) is 5.52 Å². The third kappa shape index (κ3) is 3.50. The average Bonchev–Trinajstić information content (AvgIpc) is 3.32. The van der Waals surface area contributed by atoms with Gasteiger partial charge in [-0.15, -0.1) is 0 Å². The van der Waals surface area contributed by atoms with Gasteiger partial charge in [0.05, 0.1) is 30.9 Å². The number of primary amides is 1. The zero-order valence-corrected chi connectivity index (χ0v) is 16.9. The fourth-order valence-electron chi connectivity index (χ4n) is 3.46. The molecule has 0 atom stereocenters. The molecular weight excluding hydrogens is 400 g/mol. The second-order valence-electron chi connectivity index (χ2n) is 7.32. The highest BCUT2D eigenvalue weighted by Crippen LogP contribution is 2.33. The average molecular weight is 420 g/mol. The summed E-state index contributed by atoms with van der Waals surface area (Å²) in [6.07, 6.45) is 5.05. The predicted molar refractivity (Wildman–Crippen MR) is 113 cm³/mol. The summed E-state index contributed by atoms with van der Waals surface area (Å²) in [5.41, 5.74) is 8.44. The molecule has 1 aromatic carbocycles. The first-order chi connectivity index (χ1) is 15.0. The molecule has 0 bridgehead atoms. The molecule has 31 heavy (non-hydrogen) atoms. The van der Waals surface area contributed by atoms with Crippen molar-refractivity contribution in [1.82, 2.24) is 24.7 Å². The molecule has 0 aliphatic carbocycles. The number of benzene rings is 1. The lowest BCUT2D eigenvalue weighted by Gasteiger charge is -2.37. The van der Waals surface area contributed by atoms with Gasteiger partial charge in [0.15, 0.2) is 17.1 Å². The molecule has 5 rings (SSSR count). The Bertz CT molecular complexity index is 1270. The number of hydrogen-bond donors (Lipinski definition) is 2. The van der Waals surface area contributed by atoms with E-state index in [9.17, 15) is 4.79 Å². The van der Waals surface area contributed by atoms with Crippen molar-refractivity contribution in [2.45, 2.75) is 5.92 Å². The highest BCUT2D eigenvalue weighted by molar-refractivity contribution is 5.96. The molecule has 0 unspecified atom stereocenters. The van der Waals surface area contributed by atoms with Crippen LogP contribution in [0.15, 0.2) is 41.2 Å². The second kappa shape index (κ2) is 7.27. The van der Waals surface area contributed by atoms with E-state index in [-0.39, 0.29) is 11.6 Å². The fraction of sp³-hybridized carbons (Fsp3) is 0.250. The van der Waals surface area contributed by atoms with Crippen LogP contribution < -0.4 is 20.7 Å². The number of carbonyl (C=O) groups excluding carboxylic acids is 1. The number of oxazole rings is 1. The number of rotatable bonds is 6. The quantitative estimate of drug-likeness (QED) is 0.478. The van der Waals surface area contributed by atoms with Crippen LogP contribution in [-0.2, 0) is 7.05 Å². The maximum Gasteiger partial charge on any atom is 0.298 e. The zero-order chi connectivity index (χ0) is 21.5. The minimum Gasteiger partial charge on any atom is -0.497 e. The number of methoxy groups -OCH3 is 1. The van der Waals surface area contributed by atoms with Crippen LogP contribution >= 0.6 is 0 Å². The molecule has 11 nitrogen and oxygen atoms in total. The molecule has 1 saturated heterocycles. The Kier molecular flexibility index (Phi) is 4.42. The standard InChI is InChI=1S/C20H20N8O3/c1-27-10-12(6-23-27)24-19-17(18(21)29)25-15(7-22-19)11-8-28(9-11)20-26-14-4-3-13(30-2)5-16(14)31-20/h3-7,10-11H,8-9H2,1-2H3,(H2,21,29)(H,22,24). The van der Waals surface area contributed by atoms with Gasteiger partial charge in [0.2, 0.25) is 0 Å². The first kappa shape index (κ1) is 18.9. The van der Waals surface area contributed by atoms with E-state index in [1.54, 1.807) is 37.4 Å². The SMILES string of the molecule is COc1ccc2nc(N3CC(c4cnc(Nc5cnn(C)c5)c(C(N)=O)n4)C3)oc2c1. The zero-order valence-electron chi connectivity index (χ0n) is 16.9. The molecule has 1 fully saturated rings. The maximum atomic E-state index is 11.9. The second-order valence-corrected chi connectivity index (χ2v) is 7.32. The summed E-state index contributed by atoms with van der Waals surface area (Å²) in [5, 5.41) is 7.11. The van der Waals surface area contributed by atoms with Crippen LogP contribution in [0.2, 0.25) is 0 Å². The molecule has 3 N–H and O–H groups in total. The smallest absolute Gasteiger partial charge is 0.298 e. The van der Waals surface area contributed by atoms with Crippen molar-refractivity contribution < 1.29 is 13.9 Å². The lowest BCUT2D eigenvalue weighted by Crippen LogP contribution is -2.45. The van der Waals surface area contributed by atoms with Gasteiger partial charge in [0.25, 0.3) is 11.9 Å². The van der Waals surface area contributed by atoms with Gasteiger partial charge in [-0.2, -0.15) is 10.1 Å². The number of nitrogens with zero attached hydrogens (tertiary/aromatic N) is 6. The van der Waals surface area contributed by atoms with Crippen molar-refractivity contribution in [3.05, 3.63) is 48.2 Å². The molecule has 158 valence electrons. The molecule has 0 saturated carbocycles. The summed E-state index contributed by atoms with van der Waals surface area (Å²) >= 11 is 0. The minimum atomic E-state index is -0.648. The number of aryl methyl sites for hydroxylation is 1. The number of ether oxygens (including phenoxy) is 1. The van der Waals surface area contributed by atoms with E-state index < -0.39 is 5.91 Å². The van der Waals surface area contributed by atoms with Crippen LogP contribution in [0.25, 0.3) is 11.1 Å². The van der Waals surface area contributed by atoms with E-state index in [4.69, 9.17) is 14.9 Å². The number of aromatic nitrogens is 5. The summed E-state index contributed by atoms with van der Waals surface area (Å²) < 4.78 is 12.7. The van der Waals surface area contributed by atoms with E-state index in [1.165, 1.54) is 0 Å². The van der Waals surface area contributed by atoms with Gasteiger partial charge < -0.3 is 25.1 Å². The number of hydrogen-bond acceptors (Lipinski definition) is 9. The number of nitrogens with two attached hydrogens (primary N) is 1. The Hall–Kier alpha value is -4.15. The number of fused-ring (bicyclic) bond motifs is 1. The van der Waals surface area contributed by atoms with Crippen LogP contribution in [0.3, 0.4) is 0 Å². The van der Waals surface area contributed by atoms with Crippen molar-refractivity contribution in [3.8, 4) is 5.75 Å². The Labute approximate surface area is 176 Å². The maximum absolute atomic E-state index is 11.9. The van der Waals surface area contributed by atoms with Crippen LogP contribution in [0, 0.1) is 0 Å². The molecule has 11 heteroatoms. The Morgan fingerprint density at radius 3 is 2.84 bits per heavy atom. The van der Waals surface area contributed by atoms with Gasteiger partial charge in [0.1, 0.15) is 11.3 Å². The van der Waals surface area contributed by atoms with Crippen molar-refractivity contribution in [2.75, 3.05) is 30.4 Å². The minimum absolute atomic E-state index is 0.0857. The van der Waals surface area contributed by atoms with Crippen LogP contribution in [-0.4, -0.2) is 50.8 Å². The van der Waals surface area contributed by atoms with Crippen molar-refractivity contribution in [1.29, 1.82) is 0 Å². The molecule has 0 radical (unpaired) electrons. The van der Waals surface area contributed by atoms with Gasteiger partial charge in [-0.25, -0.2) is 9.97 Å². The van der Waals surface area contributed by atoms with E-state index in [2.05, 4.69) is 25.4 Å². The van der Waals surface area contributed by atoms with Crippen LogP contribution in [0.4, 0.5) is 17.5 Å². The molecule has 3 aromatic heterocycles. The van der Waals surface area contributed by atoms with E-state index >= 15 is 0 Å². The molecular formula is C20H20N8O3. The molecule has 1 aliphatic rings. The summed E-state index contributed by atoms with van der Waals surface area (Å²) in [4.78, 5) is 27.3. The van der Waals surface area contributed by atoms with Crippen molar-refractivity contribution in [3.63, 3.8) is 0 Å². The van der Waals surface area contributed by atoms with E-state index in [0.29, 0.717) is 47.6 Å². The number of anilines is 3. The van der Waals surface area contributed by atoms with Gasteiger partial charge in [-0.05, 0) is 12.1 Å². The van der Waals surface area contributed by atoms with Crippen molar-refractivity contribution in [2.24, 2.45) is 12.8 Å². The van der Waals surface area contributed by atoms with Crippen molar-refractivity contribution >= 4 is 34.5 Å². The fourth-order valence-corrected chi connectivity index (χ4v) is 3.46. The first-order valence-corrected chi connectivity index (χ1v) is 9.62. The lowest BCUT2D eigenvalue weighted by atomic mass is 9.97. The largest absolute Gasteiger partial charge is 0.497 e. The van der Waals surface area contributed by atoms with Gasteiger partial charge in [0, 0.05) is 38.3 Å². The topological polar surface area (TPSA) is 137 Å². The Morgan fingerprint density at radius 1 is 1.29 bits per heavy atom.